The first-order chi connectivity index (χ1) is 8.58. The molecule has 1 atom stereocenters. The zero-order valence-corrected chi connectivity index (χ0v) is 12.6. The highest BCUT2D eigenvalue weighted by atomic mass is 79.9. The summed E-state index contributed by atoms with van der Waals surface area (Å²) in [7, 11) is 0. The van der Waals surface area contributed by atoms with E-state index in [9.17, 15) is 4.79 Å². The summed E-state index contributed by atoms with van der Waals surface area (Å²) in [6.45, 7) is 4.16. The number of rotatable bonds is 6. The van der Waals surface area contributed by atoms with E-state index in [1.165, 1.54) is 0 Å². The minimum absolute atomic E-state index is 0.0968. The average Bonchev–Trinajstić information content (AvgIpc) is 2.37. The first-order valence-electron chi connectivity index (χ1n) is 6.43. The van der Waals surface area contributed by atoms with Crippen molar-refractivity contribution in [1.29, 1.82) is 0 Å². The van der Waals surface area contributed by atoms with Gasteiger partial charge in [-0.05, 0) is 36.6 Å². The number of benzene rings is 1. The predicted molar refractivity (Wildman–Crippen MR) is 79.7 cm³/mol. The minimum Gasteiger partial charge on any atom is -0.324 e. The van der Waals surface area contributed by atoms with Gasteiger partial charge in [0.15, 0.2) is 0 Å². The largest absolute Gasteiger partial charge is 0.324 e. The van der Waals surface area contributed by atoms with Crippen LogP contribution in [-0.4, -0.2) is 11.9 Å². The molecule has 0 spiro atoms. The molecule has 0 saturated carbocycles. The molecule has 1 aromatic carbocycles. The highest BCUT2D eigenvalue weighted by Crippen LogP contribution is 2.21. The van der Waals surface area contributed by atoms with Crippen LogP contribution < -0.4 is 11.1 Å². The van der Waals surface area contributed by atoms with Crippen molar-refractivity contribution in [3.63, 3.8) is 0 Å². The number of unbranched alkanes of at least 4 members (excludes halogenated alkanes) is 1. The number of carbonyl (C=O) groups is 1. The molecule has 0 aliphatic heterocycles. The van der Waals surface area contributed by atoms with Crippen molar-refractivity contribution < 1.29 is 4.79 Å². The van der Waals surface area contributed by atoms with Crippen molar-refractivity contribution in [3.8, 4) is 0 Å². The number of aryl methyl sites for hydroxylation is 1. The van der Waals surface area contributed by atoms with Gasteiger partial charge in [-0.3, -0.25) is 4.79 Å². The Morgan fingerprint density at radius 2 is 2.17 bits per heavy atom. The van der Waals surface area contributed by atoms with Crippen LogP contribution in [-0.2, 0) is 11.2 Å². The molecule has 0 aromatic heterocycles. The summed E-state index contributed by atoms with van der Waals surface area (Å²) >= 11 is 3.43. The van der Waals surface area contributed by atoms with E-state index in [-0.39, 0.29) is 5.91 Å². The summed E-state index contributed by atoms with van der Waals surface area (Å²) < 4.78 is 1.02. The number of nitrogens with one attached hydrogen (secondary N) is 1. The van der Waals surface area contributed by atoms with Gasteiger partial charge in [0.05, 0.1) is 6.04 Å². The number of halogens is 1. The van der Waals surface area contributed by atoms with Crippen molar-refractivity contribution in [2.24, 2.45) is 5.73 Å². The third-order valence-corrected chi connectivity index (χ3v) is 3.40. The molecule has 0 saturated heterocycles. The zero-order chi connectivity index (χ0) is 13.5. The van der Waals surface area contributed by atoms with Gasteiger partial charge in [0.25, 0.3) is 0 Å². The molecular weight excluding hydrogens is 292 g/mol. The second-order valence-electron chi connectivity index (χ2n) is 4.39. The van der Waals surface area contributed by atoms with Crippen LogP contribution in [0.1, 0.15) is 38.7 Å². The Hall–Kier alpha value is -0.870. The maximum Gasteiger partial charge on any atom is 0.241 e. The van der Waals surface area contributed by atoms with Crippen molar-refractivity contribution in [2.45, 2.75) is 45.6 Å². The van der Waals surface area contributed by atoms with E-state index < -0.39 is 6.04 Å². The topological polar surface area (TPSA) is 55.1 Å². The van der Waals surface area contributed by atoms with E-state index in [0.717, 1.165) is 41.4 Å². The van der Waals surface area contributed by atoms with Crippen LogP contribution in [0.4, 0.5) is 5.69 Å². The number of nitrogens with two attached hydrogens (primary N) is 1. The number of amides is 1. The van der Waals surface area contributed by atoms with E-state index in [1.807, 2.05) is 18.2 Å². The Bertz CT molecular complexity index is 407. The van der Waals surface area contributed by atoms with Crippen LogP contribution in [0, 0.1) is 0 Å². The Morgan fingerprint density at radius 1 is 1.44 bits per heavy atom. The van der Waals surface area contributed by atoms with Gasteiger partial charge in [-0.25, -0.2) is 0 Å². The van der Waals surface area contributed by atoms with Crippen LogP contribution in [0.15, 0.2) is 22.7 Å². The van der Waals surface area contributed by atoms with Crippen molar-refractivity contribution in [1.82, 2.24) is 0 Å². The van der Waals surface area contributed by atoms with Crippen LogP contribution in [0.2, 0.25) is 0 Å². The minimum atomic E-state index is -0.418. The molecule has 3 N–H and O–H groups in total. The van der Waals surface area contributed by atoms with Crippen LogP contribution in [0.3, 0.4) is 0 Å². The van der Waals surface area contributed by atoms with Gasteiger partial charge in [-0.1, -0.05) is 42.6 Å². The highest BCUT2D eigenvalue weighted by Gasteiger charge is 2.14. The second kappa shape index (κ2) is 7.54. The molecule has 4 heteroatoms. The lowest BCUT2D eigenvalue weighted by Crippen LogP contribution is -2.35. The Morgan fingerprint density at radius 3 is 2.78 bits per heavy atom. The molecule has 1 aromatic rings. The summed E-state index contributed by atoms with van der Waals surface area (Å²) in [6, 6.07) is 5.44. The standard InChI is InChI=1S/C14H21BrN2O/c1-3-5-6-12(16)14(18)17-13-8-7-11(15)9-10(13)4-2/h7-9,12H,3-6,16H2,1-2H3,(H,17,18). The van der Waals surface area contributed by atoms with Crippen LogP contribution >= 0.6 is 15.9 Å². The quantitative estimate of drug-likeness (QED) is 0.845. The van der Waals surface area contributed by atoms with E-state index >= 15 is 0 Å². The van der Waals surface area contributed by atoms with Gasteiger partial charge in [-0.2, -0.15) is 0 Å². The lowest BCUT2D eigenvalue weighted by Gasteiger charge is -2.14. The SMILES string of the molecule is CCCCC(N)C(=O)Nc1ccc(Br)cc1CC. The summed E-state index contributed by atoms with van der Waals surface area (Å²) in [5.74, 6) is -0.0968. The molecule has 1 amide bonds. The third-order valence-electron chi connectivity index (χ3n) is 2.91. The number of hydrogen-bond acceptors (Lipinski definition) is 2. The number of hydrogen-bond donors (Lipinski definition) is 2. The van der Waals surface area contributed by atoms with E-state index in [2.05, 4.69) is 35.1 Å². The molecule has 1 rings (SSSR count). The molecule has 100 valence electrons. The van der Waals surface area contributed by atoms with Gasteiger partial charge in [0, 0.05) is 10.2 Å². The lowest BCUT2D eigenvalue weighted by atomic mass is 10.1. The van der Waals surface area contributed by atoms with Gasteiger partial charge in [0.1, 0.15) is 0 Å². The average molecular weight is 313 g/mol. The summed E-state index contributed by atoms with van der Waals surface area (Å²) in [6.07, 6.45) is 3.65. The lowest BCUT2D eigenvalue weighted by molar-refractivity contribution is -0.117. The molecule has 1 unspecified atom stereocenters. The second-order valence-corrected chi connectivity index (χ2v) is 5.31. The summed E-state index contributed by atoms with van der Waals surface area (Å²) in [5.41, 5.74) is 7.82. The highest BCUT2D eigenvalue weighted by molar-refractivity contribution is 9.10. The van der Waals surface area contributed by atoms with E-state index in [0.29, 0.717) is 0 Å². The van der Waals surface area contributed by atoms with Crippen molar-refractivity contribution in [3.05, 3.63) is 28.2 Å². The maximum atomic E-state index is 11.9. The van der Waals surface area contributed by atoms with Gasteiger partial charge >= 0.3 is 0 Å². The smallest absolute Gasteiger partial charge is 0.241 e. The Balaban J connectivity index is 2.69. The fourth-order valence-corrected chi connectivity index (χ4v) is 2.17. The molecular formula is C14H21BrN2O. The summed E-state index contributed by atoms with van der Waals surface area (Å²) in [4.78, 5) is 11.9. The third kappa shape index (κ3) is 4.42. The Labute approximate surface area is 117 Å². The number of anilines is 1. The van der Waals surface area contributed by atoms with E-state index in [4.69, 9.17) is 5.73 Å². The molecule has 0 fully saturated rings. The monoisotopic (exact) mass is 312 g/mol. The fourth-order valence-electron chi connectivity index (χ4n) is 1.76. The summed E-state index contributed by atoms with van der Waals surface area (Å²) in [5, 5.41) is 2.91. The normalized spacial score (nSPS) is 12.2. The molecule has 0 heterocycles. The van der Waals surface area contributed by atoms with Gasteiger partial charge < -0.3 is 11.1 Å². The van der Waals surface area contributed by atoms with Crippen molar-refractivity contribution in [2.75, 3.05) is 5.32 Å². The van der Waals surface area contributed by atoms with E-state index in [1.54, 1.807) is 0 Å². The molecule has 18 heavy (non-hydrogen) atoms. The zero-order valence-electron chi connectivity index (χ0n) is 11.0. The van der Waals surface area contributed by atoms with Gasteiger partial charge in [0.2, 0.25) is 5.91 Å². The molecule has 0 bridgehead atoms. The van der Waals surface area contributed by atoms with Crippen LogP contribution in [0.25, 0.3) is 0 Å². The number of carbonyl (C=O) groups excluding carboxylic acids is 1. The molecule has 0 aliphatic carbocycles. The maximum absolute atomic E-state index is 11.9. The van der Waals surface area contributed by atoms with Gasteiger partial charge in [-0.15, -0.1) is 0 Å². The van der Waals surface area contributed by atoms with Crippen molar-refractivity contribution >= 4 is 27.5 Å². The Kier molecular flexibility index (Phi) is 6.36. The molecule has 0 aliphatic rings. The first kappa shape index (κ1) is 15.2. The fraction of sp³-hybridized carbons (Fsp3) is 0.500. The first-order valence-corrected chi connectivity index (χ1v) is 7.22. The molecule has 3 nitrogen and oxygen atoms in total. The predicted octanol–water partition coefficient (Wildman–Crippen LogP) is 3.47. The molecule has 0 radical (unpaired) electrons. The van der Waals surface area contributed by atoms with Crippen LogP contribution in [0.5, 0.6) is 0 Å².